The van der Waals surface area contributed by atoms with Gasteiger partial charge in [0.25, 0.3) is 5.69 Å². The molecule has 1 aromatic carbocycles. The molecule has 1 aliphatic carbocycles. The van der Waals surface area contributed by atoms with Crippen molar-refractivity contribution in [3.8, 4) is 0 Å². The van der Waals surface area contributed by atoms with Gasteiger partial charge < -0.3 is 4.74 Å². The molecule has 1 saturated carbocycles. The highest BCUT2D eigenvalue weighted by Crippen LogP contribution is 2.31. The van der Waals surface area contributed by atoms with Crippen LogP contribution >= 0.6 is 15.9 Å². The zero-order chi connectivity index (χ0) is 14.7. The summed E-state index contributed by atoms with van der Waals surface area (Å²) in [6.45, 7) is 2.19. The van der Waals surface area contributed by atoms with E-state index in [1.807, 2.05) is 0 Å². The van der Waals surface area contributed by atoms with Crippen LogP contribution in [0.1, 0.15) is 43.0 Å². The SMILES string of the molecule is CC1CCC(OC(=O)c2cccc([N+](=O)[O-])c2Br)CC1. The van der Waals surface area contributed by atoms with Gasteiger partial charge in [-0.25, -0.2) is 4.79 Å². The van der Waals surface area contributed by atoms with Crippen LogP contribution in [0.25, 0.3) is 0 Å². The second-order valence-corrected chi connectivity index (χ2v) is 5.98. The van der Waals surface area contributed by atoms with E-state index in [9.17, 15) is 14.9 Å². The van der Waals surface area contributed by atoms with Crippen molar-refractivity contribution >= 4 is 27.6 Å². The van der Waals surface area contributed by atoms with Crippen LogP contribution in [0, 0.1) is 16.0 Å². The fourth-order valence-corrected chi connectivity index (χ4v) is 2.95. The Hall–Kier alpha value is -1.43. The van der Waals surface area contributed by atoms with E-state index in [0.29, 0.717) is 5.92 Å². The molecule has 0 aromatic heterocycles. The largest absolute Gasteiger partial charge is 0.459 e. The highest BCUT2D eigenvalue weighted by Gasteiger charge is 2.25. The summed E-state index contributed by atoms with van der Waals surface area (Å²) in [6, 6.07) is 4.37. The third-order valence-corrected chi connectivity index (χ3v) is 4.46. The van der Waals surface area contributed by atoms with Gasteiger partial charge >= 0.3 is 5.97 Å². The van der Waals surface area contributed by atoms with E-state index in [0.717, 1.165) is 25.7 Å². The lowest BCUT2D eigenvalue weighted by Gasteiger charge is -2.26. The van der Waals surface area contributed by atoms with Gasteiger partial charge in [-0.15, -0.1) is 0 Å². The number of rotatable bonds is 3. The molecular weight excluding hydrogens is 326 g/mol. The number of nitro benzene ring substituents is 1. The Morgan fingerprint density at radius 3 is 2.60 bits per heavy atom. The Kier molecular flexibility index (Phi) is 4.75. The van der Waals surface area contributed by atoms with E-state index in [1.54, 1.807) is 0 Å². The lowest BCUT2D eigenvalue weighted by Crippen LogP contribution is -2.23. The lowest BCUT2D eigenvalue weighted by atomic mass is 9.89. The first-order chi connectivity index (χ1) is 9.49. The molecular formula is C14H16BrNO4. The van der Waals surface area contributed by atoms with Crippen LogP contribution in [0.2, 0.25) is 0 Å². The van der Waals surface area contributed by atoms with Crippen LogP contribution in [-0.2, 0) is 4.74 Å². The summed E-state index contributed by atoms with van der Waals surface area (Å²) in [5, 5.41) is 10.8. The first-order valence-corrected chi connectivity index (χ1v) is 7.42. The molecule has 0 aliphatic heterocycles. The van der Waals surface area contributed by atoms with Crippen molar-refractivity contribution in [2.24, 2.45) is 5.92 Å². The number of halogens is 1. The van der Waals surface area contributed by atoms with Gasteiger partial charge in [0, 0.05) is 6.07 Å². The Labute approximate surface area is 125 Å². The molecule has 0 radical (unpaired) electrons. The molecule has 0 unspecified atom stereocenters. The fraction of sp³-hybridized carbons (Fsp3) is 0.500. The highest BCUT2D eigenvalue weighted by molar-refractivity contribution is 9.10. The van der Waals surface area contributed by atoms with Crippen molar-refractivity contribution in [1.29, 1.82) is 0 Å². The Balaban J connectivity index is 2.10. The predicted molar refractivity (Wildman–Crippen MR) is 77.6 cm³/mol. The quantitative estimate of drug-likeness (QED) is 0.471. The zero-order valence-corrected chi connectivity index (χ0v) is 12.8. The highest BCUT2D eigenvalue weighted by atomic mass is 79.9. The van der Waals surface area contributed by atoms with Crippen molar-refractivity contribution < 1.29 is 14.5 Å². The maximum atomic E-state index is 12.1. The minimum Gasteiger partial charge on any atom is -0.459 e. The molecule has 5 nitrogen and oxygen atoms in total. The van der Waals surface area contributed by atoms with Gasteiger partial charge in [-0.1, -0.05) is 13.0 Å². The molecule has 0 amide bonds. The molecule has 108 valence electrons. The first kappa shape index (κ1) is 15.0. The third-order valence-electron chi connectivity index (χ3n) is 3.63. The zero-order valence-electron chi connectivity index (χ0n) is 11.2. The normalized spacial score (nSPS) is 22.3. The lowest BCUT2D eigenvalue weighted by molar-refractivity contribution is -0.385. The molecule has 0 N–H and O–H groups in total. The van der Waals surface area contributed by atoms with Gasteiger partial charge in [0.2, 0.25) is 0 Å². The summed E-state index contributed by atoms with van der Waals surface area (Å²) in [5.41, 5.74) is 0.0783. The van der Waals surface area contributed by atoms with Crippen LogP contribution in [-0.4, -0.2) is 17.0 Å². The van der Waals surface area contributed by atoms with Crippen LogP contribution in [0.15, 0.2) is 22.7 Å². The standard InChI is InChI=1S/C14H16BrNO4/c1-9-5-7-10(8-6-9)20-14(17)11-3-2-4-12(13(11)15)16(18)19/h2-4,9-10H,5-8H2,1H3. The summed E-state index contributed by atoms with van der Waals surface area (Å²) in [6.07, 6.45) is 3.74. The maximum absolute atomic E-state index is 12.1. The van der Waals surface area contributed by atoms with E-state index >= 15 is 0 Å². The number of nitrogens with zero attached hydrogens (tertiary/aromatic N) is 1. The Bertz CT molecular complexity index is 524. The number of hydrogen-bond acceptors (Lipinski definition) is 4. The van der Waals surface area contributed by atoms with Crippen LogP contribution in [0.5, 0.6) is 0 Å². The molecule has 0 heterocycles. The number of nitro groups is 1. The minimum absolute atomic E-state index is 0.0788. The smallest absolute Gasteiger partial charge is 0.339 e. The van der Waals surface area contributed by atoms with Crippen LogP contribution in [0.4, 0.5) is 5.69 Å². The number of carbonyl (C=O) groups excluding carboxylic acids is 1. The second-order valence-electron chi connectivity index (χ2n) is 5.18. The van der Waals surface area contributed by atoms with E-state index < -0.39 is 10.9 Å². The number of hydrogen-bond donors (Lipinski definition) is 0. The summed E-state index contributed by atoms with van der Waals surface area (Å²) in [4.78, 5) is 22.4. The average molecular weight is 342 g/mol. The topological polar surface area (TPSA) is 69.4 Å². The first-order valence-electron chi connectivity index (χ1n) is 6.63. The Morgan fingerprint density at radius 1 is 1.35 bits per heavy atom. The molecule has 0 bridgehead atoms. The summed E-state index contributed by atoms with van der Waals surface area (Å²) in [7, 11) is 0. The minimum atomic E-state index is -0.525. The van der Waals surface area contributed by atoms with Gasteiger partial charge in [-0.05, 0) is 53.6 Å². The van der Waals surface area contributed by atoms with Gasteiger partial charge in [0.15, 0.2) is 0 Å². The van der Waals surface area contributed by atoms with E-state index in [4.69, 9.17) is 4.74 Å². The fourth-order valence-electron chi connectivity index (χ4n) is 2.38. The molecule has 0 atom stereocenters. The van der Waals surface area contributed by atoms with Gasteiger partial charge in [-0.3, -0.25) is 10.1 Å². The monoisotopic (exact) mass is 341 g/mol. The summed E-state index contributed by atoms with van der Waals surface area (Å²) in [5.74, 6) is 0.176. The van der Waals surface area contributed by atoms with Crippen molar-refractivity contribution in [1.82, 2.24) is 0 Å². The summed E-state index contributed by atoms with van der Waals surface area (Å²) >= 11 is 3.11. The van der Waals surface area contributed by atoms with Crippen molar-refractivity contribution in [2.45, 2.75) is 38.7 Å². The molecule has 20 heavy (non-hydrogen) atoms. The maximum Gasteiger partial charge on any atom is 0.339 e. The predicted octanol–water partition coefficient (Wildman–Crippen LogP) is 4.09. The van der Waals surface area contributed by atoms with Crippen molar-refractivity contribution in [3.63, 3.8) is 0 Å². The van der Waals surface area contributed by atoms with Crippen LogP contribution < -0.4 is 0 Å². The summed E-state index contributed by atoms with van der Waals surface area (Å²) < 4.78 is 5.63. The average Bonchev–Trinajstić information content (AvgIpc) is 2.41. The van der Waals surface area contributed by atoms with E-state index in [2.05, 4.69) is 22.9 Å². The molecule has 0 spiro atoms. The van der Waals surface area contributed by atoms with E-state index in [1.165, 1.54) is 18.2 Å². The van der Waals surface area contributed by atoms with E-state index in [-0.39, 0.29) is 21.8 Å². The number of benzene rings is 1. The number of esters is 1. The molecule has 2 rings (SSSR count). The van der Waals surface area contributed by atoms with Crippen molar-refractivity contribution in [2.75, 3.05) is 0 Å². The molecule has 1 aromatic rings. The third kappa shape index (κ3) is 3.36. The van der Waals surface area contributed by atoms with Gasteiger partial charge in [0.1, 0.15) is 10.6 Å². The van der Waals surface area contributed by atoms with Gasteiger partial charge in [-0.2, -0.15) is 0 Å². The second kappa shape index (κ2) is 6.35. The van der Waals surface area contributed by atoms with Gasteiger partial charge in [0.05, 0.1) is 10.5 Å². The molecule has 1 fully saturated rings. The molecule has 6 heteroatoms. The number of ether oxygens (including phenoxy) is 1. The Morgan fingerprint density at radius 2 is 2.00 bits per heavy atom. The number of carbonyl (C=O) groups is 1. The molecule has 1 aliphatic rings. The van der Waals surface area contributed by atoms with Crippen LogP contribution in [0.3, 0.4) is 0 Å². The van der Waals surface area contributed by atoms with Crippen molar-refractivity contribution in [3.05, 3.63) is 38.3 Å². The molecule has 0 saturated heterocycles.